The summed E-state index contributed by atoms with van der Waals surface area (Å²) in [5, 5.41) is 3.19. The number of rotatable bonds is 3. The summed E-state index contributed by atoms with van der Waals surface area (Å²) in [6, 6.07) is 12.0. The number of fused-ring (bicyclic) bond motifs is 1. The Bertz CT molecular complexity index is 728. The van der Waals surface area contributed by atoms with Crippen molar-refractivity contribution in [3.63, 3.8) is 0 Å². The van der Waals surface area contributed by atoms with Gasteiger partial charge >= 0.3 is 0 Å². The number of aromatic nitrogens is 1. The fourth-order valence-electron chi connectivity index (χ4n) is 3.10. The molecule has 1 aromatic carbocycles. The maximum atomic E-state index is 12.6. The van der Waals surface area contributed by atoms with Gasteiger partial charge in [0.1, 0.15) is 6.10 Å². The monoisotopic (exact) mass is 309 g/mol. The van der Waals surface area contributed by atoms with Gasteiger partial charge in [0.2, 0.25) is 5.88 Å². The van der Waals surface area contributed by atoms with Crippen LogP contribution in [0.1, 0.15) is 20.7 Å². The van der Waals surface area contributed by atoms with E-state index in [9.17, 15) is 9.59 Å². The highest BCUT2D eigenvalue weighted by Crippen LogP contribution is 2.27. The van der Waals surface area contributed by atoms with E-state index in [0.717, 1.165) is 0 Å². The molecule has 2 amide bonds. The minimum atomic E-state index is -0.343. The Labute approximate surface area is 133 Å². The third-order valence-corrected chi connectivity index (χ3v) is 4.20. The molecule has 23 heavy (non-hydrogen) atoms. The predicted octanol–water partition coefficient (Wildman–Crippen LogP) is 1.10. The second-order valence-electron chi connectivity index (χ2n) is 5.58. The molecule has 1 fully saturated rings. The number of hydrogen-bond donors (Lipinski definition) is 1. The number of hydrogen-bond acceptors (Lipinski definition) is 5. The summed E-state index contributed by atoms with van der Waals surface area (Å²) in [5.41, 5.74) is 0.918. The van der Waals surface area contributed by atoms with Crippen molar-refractivity contribution >= 4 is 11.8 Å². The zero-order chi connectivity index (χ0) is 15.8. The maximum absolute atomic E-state index is 12.6. The van der Waals surface area contributed by atoms with Gasteiger partial charge in [0.05, 0.1) is 17.2 Å². The van der Waals surface area contributed by atoms with Crippen LogP contribution in [-0.4, -0.2) is 46.9 Å². The molecule has 3 heterocycles. The molecule has 0 bridgehead atoms. The molecule has 0 aliphatic carbocycles. The molecule has 116 valence electrons. The van der Waals surface area contributed by atoms with E-state index < -0.39 is 0 Å². The molecule has 6 heteroatoms. The van der Waals surface area contributed by atoms with Gasteiger partial charge in [-0.1, -0.05) is 18.2 Å². The number of carbonyl (C=O) groups excluding carboxylic acids is 2. The van der Waals surface area contributed by atoms with E-state index in [-0.39, 0.29) is 24.0 Å². The van der Waals surface area contributed by atoms with Gasteiger partial charge in [0.25, 0.3) is 11.8 Å². The fraction of sp³-hybridized carbons (Fsp3) is 0.235. The van der Waals surface area contributed by atoms with Crippen molar-refractivity contribution in [2.24, 2.45) is 0 Å². The minimum Gasteiger partial charge on any atom is -0.471 e. The van der Waals surface area contributed by atoms with Crippen LogP contribution in [0.15, 0.2) is 48.7 Å². The van der Waals surface area contributed by atoms with E-state index in [4.69, 9.17) is 4.74 Å². The van der Waals surface area contributed by atoms with Crippen molar-refractivity contribution in [2.45, 2.75) is 12.1 Å². The van der Waals surface area contributed by atoms with Crippen molar-refractivity contribution in [3.05, 3.63) is 59.8 Å². The molecule has 0 unspecified atom stereocenters. The Balaban J connectivity index is 1.60. The molecule has 2 aliphatic heterocycles. The van der Waals surface area contributed by atoms with Crippen molar-refractivity contribution in [2.75, 3.05) is 13.1 Å². The van der Waals surface area contributed by atoms with Crippen molar-refractivity contribution in [1.82, 2.24) is 15.2 Å². The van der Waals surface area contributed by atoms with Crippen molar-refractivity contribution < 1.29 is 14.3 Å². The van der Waals surface area contributed by atoms with Gasteiger partial charge in [-0.2, -0.15) is 0 Å². The van der Waals surface area contributed by atoms with Gasteiger partial charge in [0.15, 0.2) is 0 Å². The Hall–Kier alpha value is -2.73. The molecular weight excluding hydrogens is 294 g/mol. The Morgan fingerprint density at radius 1 is 1.00 bits per heavy atom. The van der Waals surface area contributed by atoms with E-state index in [1.165, 1.54) is 4.90 Å². The molecule has 2 atom stereocenters. The van der Waals surface area contributed by atoms with Gasteiger partial charge in [-0.3, -0.25) is 14.5 Å². The highest BCUT2D eigenvalue weighted by Gasteiger charge is 2.45. The van der Waals surface area contributed by atoms with E-state index in [1.807, 2.05) is 6.07 Å². The molecular formula is C17H15N3O3. The van der Waals surface area contributed by atoms with Crippen LogP contribution in [0.4, 0.5) is 0 Å². The van der Waals surface area contributed by atoms with Crippen LogP contribution >= 0.6 is 0 Å². The van der Waals surface area contributed by atoms with Crippen LogP contribution in [0.25, 0.3) is 0 Å². The molecule has 1 saturated heterocycles. The lowest BCUT2D eigenvalue weighted by Crippen LogP contribution is -2.48. The number of pyridine rings is 1. The number of nitrogens with one attached hydrogen (secondary N) is 1. The minimum absolute atomic E-state index is 0.256. The molecule has 2 aromatic rings. The zero-order valence-electron chi connectivity index (χ0n) is 12.3. The van der Waals surface area contributed by atoms with Gasteiger partial charge < -0.3 is 10.1 Å². The highest BCUT2D eigenvalue weighted by molar-refractivity contribution is 6.21. The standard InChI is InChI=1S/C17H15N3O3/c21-16-11-5-1-2-6-12(11)17(22)20(16)13-9-18-10-14(13)23-15-7-3-4-8-19-15/h1-8,13-14,18H,9-10H2/t13-,14-/m0/s1. The first-order valence-corrected chi connectivity index (χ1v) is 7.51. The van der Waals surface area contributed by atoms with Crippen LogP contribution < -0.4 is 10.1 Å². The predicted molar refractivity (Wildman–Crippen MR) is 82.3 cm³/mol. The Kier molecular flexibility index (Phi) is 3.31. The van der Waals surface area contributed by atoms with Crippen molar-refractivity contribution in [1.29, 1.82) is 0 Å². The number of ether oxygens (including phenoxy) is 1. The molecule has 0 radical (unpaired) electrons. The summed E-state index contributed by atoms with van der Waals surface area (Å²) in [7, 11) is 0. The maximum Gasteiger partial charge on any atom is 0.261 e. The van der Waals surface area contributed by atoms with E-state index in [1.54, 1.807) is 42.6 Å². The van der Waals surface area contributed by atoms with Gasteiger partial charge in [-0.15, -0.1) is 0 Å². The largest absolute Gasteiger partial charge is 0.471 e. The summed E-state index contributed by atoms with van der Waals surface area (Å²) >= 11 is 0. The number of benzene rings is 1. The molecule has 2 aliphatic rings. The summed E-state index contributed by atoms with van der Waals surface area (Å²) < 4.78 is 5.88. The third kappa shape index (κ3) is 2.27. The quantitative estimate of drug-likeness (QED) is 0.860. The first kappa shape index (κ1) is 13.9. The molecule has 4 rings (SSSR count). The Morgan fingerprint density at radius 3 is 2.35 bits per heavy atom. The Morgan fingerprint density at radius 2 is 1.70 bits per heavy atom. The topological polar surface area (TPSA) is 71.5 Å². The number of carbonyl (C=O) groups is 2. The molecule has 1 N–H and O–H groups in total. The summed E-state index contributed by atoms with van der Waals surface area (Å²) in [6.07, 6.45) is 1.33. The van der Waals surface area contributed by atoms with Crippen LogP contribution in [0.5, 0.6) is 5.88 Å². The summed E-state index contributed by atoms with van der Waals surface area (Å²) in [5.74, 6) is -0.0225. The van der Waals surface area contributed by atoms with Gasteiger partial charge in [0, 0.05) is 25.4 Å². The van der Waals surface area contributed by atoms with E-state index in [2.05, 4.69) is 10.3 Å². The van der Waals surface area contributed by atoms with Gasteiger partial charge in [-0.05, 0) is 18.2 Å². The fourth-order valence-corrected chi connectivity index (χ4v) is 3.10. The van der Waals surface area contributed by atoms with Gasteiger partial charge in [-0.25, -0.2) is 4.98 Å². The van der Waals surface area contributed by atoms with Crippen LogP contribution in [0.2, 0.25) is 0 Å². The lowest BCUT2D eigenvalue weighted by molar-refractivity contribution is 0.0480. The lowest BCUT2D eigenvalue weighted by atomic mass is 10.1. The molecule has 0 spiro atoms. The number of imide groups is 1. The second kappa shape index (κ2) is 5.48. The van der Waals surface area contributed by atoms with E-state index >= 15 is 0 Å². The number of nitrogens with zero attached hydrogens (tertiary/aromatic N) is 2. The van der Waals surface area contributed by atoms with Crippen LogP contribution in [0.3, 0.4) is 0 Å². The average molecular weight is 309 g/mol. The molecule has 6 nitrogen and oxygen atoms in total. The first-order chi connectivity index (χ1) is 11.3. The number of amides is 2. The van der Waals surface area contributed by atoms with Crippen molar-refractivity contribution in [3.8, 4) is 5.88 Å². The zero-order valence-corrected chi connectivity index (χ0v) is 12.3. The van der Waals surface area contributed by atoms with E-state index in [0.29, 0.717) is 30.1 Å². The SMILES string of the molecule is O=C1c2ccccc2C(=O)N1[C@H]1CNC[C@@H]1Oc1ccccn1. The summed E-state index contributed by atoms with van der Waals surface area (Å²) in [6.45, 7) is 1.08. The second-order valence-corrected chi connectivity index (χ2v) is 5.58. The average Bonchev–Trinajstić information content (AvgIpc) is 3.12. The normalized spacial score (nSPS) is 23.2. The highest BCUT2D eigenvalue weighted by atomic mass is 16.5. The third-order valence-electron chi connectivity index (χ3n) is 4.20. The smallest absolute Gasteiger partial charge is 0.261 e. The van der Waals surface area contributed by atoms with Crippen LogP contribution in [0, 0.1) is 0 Å². The molecule has 0 saturated carbocycles. The molecule has 1 aromatic heterocycles. The lowest BCUT2D eigenvalue weighted by Gasteiger charge is -2.27. The summed E-state index contributed by atoms with van der Waals surface area (Å²) in [4.78, 5) is 30.7. The van der Waals surface area contributed by atoms with Crippen LogP contribution in [-0.2, 0) is 0 Å². The first-order valence-electron chi connectivity index (χ1n) is 7.51.